The molecule has 0 spiro atoms. The van der Waals surface area contributed by atoms with Gasteiger partial charge in [-0.05, 0) is 96.6 Å². The fourth-order valence-corrected chi connectivity index (χ4v) is 7.16. The van der Waals surface area contributed by atoms with Crippen molar-refractivity contribution in [3.05, 3.63) is 119 Å². The summed E-state index contributed by atoms with van der Waals surface area (Å²) in [5.41, 5.74) is 9.60. The van der Waals surface area contributed by atoms with Gasteiger partial charge in [0.05, 0.1) is 39.7 Å². The Labute approximate surface area is 318 Å². The van der Waals surface area contributed by atoms with Crippen molar-refractivity contribution in [2.75, 3.05) is 21.9 Å². The Morgan fingerprint density at radius 1 is 0.625 bits per heavy atom. The maximum absolute atomic E-state index is 13.7. The molecule has 0 bridgehead atoms. The van der Waals surface area contributed by atoms with E-state index in [2.05, 4.69) is 36.6 Å². The summed E-state index contributed by atoms with van der Waals surface area (Å²) in [6, 6.07) is 18.4. The maximum Gasteiger partial charge on any atom is 0.296 e. The predicted octanol–water partition coefficient (Wildman–Crippen LogP) is 5.28. The van der Waals surface area contributed by atoms with E-state index in [1.165, 1.54) is 48.6 Å². The number of rotatable bonds is 11. The number of nitrogens with one attached hydrogen (secondary N) is 3. The van der Waals surface area contributed by atoms with Gasteiger partial charge in [0.15, 0.2) is 11.5 Å². The molecule has 286 valence electrons. The Hall–Kier alpha value is -6.69. The molecule has 56 heavy (non-hydrogen) atoms. The molecule has 0 unspecified atom stereocenters. The standard InChI is InChI=1S/C34H26N8O11S3/c35-31-30-19(17-29(56(51,52)53)33(34(30)44)42-39-21-4-2-1-3-5-21)16-28(55(48,49)50)32(31)41-40-24-12-15-26(27(18-24)54(45,46)47)36-20-6-8-22(9-7-20)37-38-23-10-13-25(43)14-11-23/h1-18,36-37,39H,35H2,(H,45,46,47)(H,48,49,50)(H,51,52,53). The Morgan fingerprint density at radius 3 is 1.86 bits per heavy atom. The van der Waals surface area contributed by atoms with E-state index in [9.17, 15) is 48.5 Å². The van der Waals surface area contributed by atoms with Crippen molar-refractivity contribution in [1.29, 1.82) is 0 Å². The van der Waals surface area contributed by atoms with Crippen LogP contribution in [-0.2, 0) is 35.1 Å². The van der Waals surface area contributed by atoms with Gasteiger partial charge in [-0.25, -0.2) is 0 Å². The highest BCUT2D eigenvalue weighted by atomic mass is 32.2. The van der Waals surface area contributed by atoms with Crippen LogP contribution in [0.4, 0.5) is 39.8 Å². The molecule has 2 aliphatic carbocycles. The number of hydrogen-bond donors (Lipinski definition) is 7. The summed E-state index contributed by atoms with van der Waals surface area (Å²) in [7, 11) is -15.3. The first-order valence-corrected chi connectivity index (χ1v) is 19.9. The van der Waals surface area contributed by atoms with Crippen LogP contribution >= 0.6 is 0 Å². The highest BCUT2D eigenvalue weighted by Gasteiger charge is 2.37. The molecule has 0 saturated heterocycles. The van der Waals surface area contributed by atoms with Crippen molar-refractivity contribution in [2.24, 2.45) is 20.4 Å². The van der Waals surface area contributed by atoms with Gasteiger partial charge in [-0.3, -0.25) is 34.1 Å². The SMILES string of the molecule is Nc1c(N=Nc2ccc(Nc3ccc(NN=C4C=CC(=O)C=C4)cc3)c(S(=O)(=O)O)c2)c(S(=O)(=O)O)cc2c1C(=O)C(=NNc1ccccc1)C(S(=O)(=O)O)=C2. The normalized spacial score (nSPS) is 15.2. The van der Waals surface area contributed by atoms with E-state index in [1.54, 1.807) is 42.5 Å². The summed E-state index contributed by atoms with van der Waals surface area (Å²) in [5, 5.41) is 18.5. The van der Waals surface area contributed by atoms with Gasteiger partial charge in [-0.1, -0.05) is 18.2 Å². The number of para-hydroxylation sites is 1. The molecular formula is C34H26N8O11S3. The van der Waals surface area contributed by atoms with E-state index >= 15 is 0 Å². The lowest BCUT2D eigenvalue weighted by Crippen LogP contribution is -2.28. The van der Waals surface area contributed by atoms with Gasteiger partial charge in [0.2, 0.25) is 5.78 Å². The number of carbonyl (C=O) groups excluding carboxylic acids is 2. The number of allylic oxidation sites excluding steroid dienone is 5. The average molecular weight is 819 g/mol. The van der Waals surface area contributed by atoms with E-state index < -0.39 is 79.0 Å². The molecule has 0 aromatic heterocycles. The topological polar surface area (TPSA) is 309 Å². The zero-order chi connectivity index (χ0) is 40.4. The van der Waals surface area contributed by atoms with E-state index in [4.69, 9.17) is 5.73 Å². The van der Waals surface area contributed by atoms with Crippen LogP contribution in [0.25, 0.3) is 6.08 Å². The van der Waals surface area contributed by atoms with Gasteiger partial charge < -0.3 is 11.1 Å². The van der Waals surface area contributed by atoms with Crippen LogP contribution < -0.4 is 21.9 Å². The van der Waals surface area contributed by atoms with Gasteiger partial charge in [0, 0.05) is 5.69 Å². The van der Waals surface area contributed by atoms with Gasteiger partial charge >= 0.3 is 0 Å². The summed E-state index contributed by atoms with van der Waals surface area (Å²) in [6.07, 6.45) is 6.50. The minimum absolute atomic E-state index is 0.107. The molecule has 0 amide bonds. The molecule has 8 N–H and O–H groups in total. The van der Waals surface area contributed by atoms with Gasteiger partial charge in [0.25, 0.3) is 30.4 Å². The highest BCUT2D eigenvalue weighted by Crippen LogP contribution is 2.41. The first-order valence-electron chi connectivity index (χ1n) is 15.6. The maximum atomic E-state index is 13.7. The monoisotopic (exact) mass is 818 g/mol. The van der Waals surface area contributed by atoms with Crippen LogP contribution in [0.3, 0.4) is 0 Å². The summed E-state index contributed by atoms with van der Waals surface area (Å²) in [4.78, 5) is 22.3. The summed E-state index contributed by atoms with van der Waals surface area (Å²) in [6.45, 7) is 0. The Kier molecular flexibility index (Phi) is 10.6. The van der Waals surface area contributed by atoms with E-state index in [-0.39, 0.29) is 17.2 Å². The third kappa shape index (κ3) is 8.81. The van der Waals surface area contributed by atoms with Gasteiger partial charge in [-0.15, -0.1) is 5.11 Å². The minimum atomic E-state index is -5.22. The molecule has 4 aromatic rings. The number of fused-ring (bicyclic) bond motifs is 1. The second-order valence-electron chi connectivity index (χ2n) is 11.6. The second-order valence-corrected chi connectivity index (χ2v) is 15.8. The highest BCUT2D eigenvalue weighted by molar-refractivity contribution is 7.91. The number of benzene rings is 4. The fourth-order valence-electron chi connectivity index (χ4n) is 5.16. The number of azo groups is 1. The Bertz CT molecular complexity index is 2820. The van der Waals surface area contributed by atoms with Gasteiger partial charge in [0.1, 0.15) is 20.4 Å². The number of nitrogens with two attached hydrogens (primary N) is 1. The first-order chi connectivity index (χ1) is 26.4. The number of nitrogen functional groups attached to an aromatic ring is 1. The second kappa shape index (κ2) is 15.2. The van der Waals surface area contributed by atoms with Crippen LogP contribution in [0.2, 0.25) is 0 Å². The zero-order valence-corrected chi connectivity index (χ0v) is 30.5. The molecule has 2 aliphatic rings. The van der Waals surface area contributed by atoms with Crippen LogP contribution in [0, 0.1) is 0 Å². The van der Waals surface area contributed by atoms with Crippen molar-refractivity contribution in [2.45, 2.75) is 9.79 Å². The Morgan fingerprint density at radius 2 is 1.23 bits per heavy atom. The van der Waals surface area contributed by atoms with E-state index in [1.807, 2.05) is 0 Å². The molecular weight excluding hydrogens is 793 g/mol. The fraction of sp³-hybridized carbons (Fsp3) is 0. The summed E-state index contributed by atoms with van der Waals surface area (Å²) in [5.74, 6) is -1.36. The lowest BCUT2D eigenvalue weighted by molar-refractivity contribution is -0.110. The average Bonchev–Trinajstić information content (AvgIpc) is 3.13. The van der Waals surface area contributed by atoms with E-state index in [0.29, 0.717) is 28.8 Å². The molecule has 0 heterocycles. The van der Waals surface area contributed by atoms with Crippen LogP contribution in [0.5, 0.6) is 0 Å². The number of hydrogen-bond acceptors (Lipinski definition) is 16. The minimum Gasteiger partial charge on any atom is -0.396 e. The van der Waals surface area contributed by atoms with Crippen molar-refractivity contribution >= 4 is 99.2 Å². The number of hydrazone groups is 2. The van der Waals surface area contributed by atoms with Crippen molar-refractivity contribution in [3.8, 4) is 0 Å². The smallest absolute Gasteiger partial charge is 0.296 e. The van der Waals surface area contributed by atoms with Crippen molar-refractivity contribution in [1.82, 2.24) is 0 Å². The number of carbonyl (C=O) groups is 2. The Balaban J connectivity index is 1.33. The lowest BCUT2D eigenvalue weighted by atomic mass is 9.92. The number of ketones is 2. The van der Waals surface area contributed by atoms with Crippen LogP contribution in [0.15, 0.2) is 138 Å². The molecule has 0 fully saturated rings. The quantitative estimate of drug-likeness (QED) is 0.0333. The zero-order valence-electron chi connectivity index (χ0n) is 28.1. The molecule has 6 rings (SSSR count). The number of nitrogens with zero attached hydrogens (tertiary/aromatic N) is 4. The van der Waals surface area contributed by atoms with Crippen molar-refractivity contribution in [3.63, 3.8) is 0 Å². The molecule has 0 saturated carbocycles. The van der Waals surface area contributed by atoms with E-state index in [0.717, 1.165) is 12.1 Å². The molecule has 0 radical (unpaired) electrons. The van der Waals surface area contributed by atoms with Crippen LogP contribution in [0.1, 0.15) is 15.9 Å². The third-order valence-corrected chi connectivity index (χ3v) is 10.4. The lowest BCUT2D eigenvalue weighted by Gasteiger charge is -2.20. The molecule has 0 aliphatic heterocycles. The number of Topliss-reactive ketones (excluding diaryl/α,β-unsaturated/α-hetero) is 1. The number of anilines is 5. The summed E-state index contributed by atoms with van der Waals surface area (Å²) < 4.78 is 104. The first kappa shape index (κ1) is 39.0. The molecule has 22 heteroatoms. The summed E-state index contributed by atoms with van der Waals surface area (Å²) >= 11 is 0. The molecule has 4 aromatic carbocycles. The van der Waals surface area contributed by atoms with Gasteiger partial charge in [-0.2, -0.15) is 40.6 Å². The van der Waals surface area contributed by atoms with Crippen LogP contribution in [-0.4, -0.2) is 61.9 Å². The molecule has 19 nitrogen and oxygen atoms in total. The molecule has 0 atom stereocenters. The van der Waals surface area contributed by atoms with Crippen molar-refractivity contribution < 1.29 is 48.5 Å². The largest absolute Gasteiger partial charge is 0.396 e. The predicted molar refractivity (Wildman–Crippen MR) is 207 cm³/mol. The third-order valence-electron chi connectivity index (χ3n) is 7.74.